The van der Waals surface area contributed by atoms with E-state index in [0.717, 1.165) is 6.20 Å². The van der Waals surface area contributed by atoms with E-state index in [-0.39, 0.29) is 5.56 Å². The number of nitro groups is 1. The predicted molar refractivity (Wildman–Crippen MR) is 51.6 cm³/mol. The molecular formula is C9H6F3N3O3. The molecule has 96 valence electrons. The zero-order chi connectivity index (χ0) is 13.9. The quantitative estimate of drug-likeness (QED) is 0.615. The van der Waals surface area contributed by atoms with Crippen molar-refractivity contribution in [1.29, 1.82) is 5.26 Å². The first kappa shape index (κ1) is 13.7. The van der Waals surface area contributed by atoms with Crippen LogP contribution in [0.25, 0.3) is 0 Å². The number of nitriles is 1. The Morgan fingerprint density at radius 1 is 1.61 bits per heavy atom. The van der Waals surface area contributed by atoms with Gasteiger partial charge in [-0.2, -0.15) is 5.26 Å². The molecule has 1 aromatic rings. The third-order valence-electron chi connectivity index (χ3n) is 1.91. The molecule has 0 N–H and O–H groups in total. The molecule has 0 bridgehead atoms. The molecule has 0 spiro atoms. The Bertz CT molecular complexity index is 522. The Hall–Kier alpha value is -2.37. The van der Waals surface area contributed by atoms with Gasteiger partial charge in [0, 0.05) is 11.8 Å². The Morgan fingerprint density at radius 2 is 2.22 bits per heavy atom. The van der Waals surface area contributed by atoms with Crippen LogP contribution in [0, 0.1) is 28.4 Å². The average Bonchev–Trinajstić information content (AvgIpc) is 2.19. The lowest BCUT2D eigenvalue weighted by molar-refractivity contribution is -0.389. The normalized spacial score (nSPS) is 10.8. The minimum atomic E-state index is -5.09. The van der Waals surface area contributed by atoms with Gasteiger partial charge in [-0.25, -0.2) is 0 Å². The van der Waals surface area contributed by atoms with Crippen LogP contribution in [0.3, 0.4) is 0 Å². The van der Waals surface area contributed by atoms with Gasteiger partial charge in [0.15, 0.2) is 0 Å². The average molecular weight is 261 g/mol. The molecule has 6 nitrogen and oxygen atoms in total. The van der Waals surface area contributed by atoms with Crippen LogP contribution in [0.5, 0.6) is 5.75 Å². The van der Waals surface area contributed by atoms with Gasteiger partial charge in [0.2, 0.25) is 5.75 Å². The first-order valence-electron chi connectivity index (χ1n) is 4.52. The van der Waals surface area contributed by atoms with E-state index in [1.54, 1.807) is 6.07 Å². The summed E-state index contributed by atoms with van der Waals surface area (Å²) < 4.78 is 40.1. The minimum Gasteiger partial charge on any atom is -0.396 e. The van der Waals surface area contributed by atoms with Crippen LogP contribution in [0.2, 0.25) is 0 Å². The summed E-state index contributed by atoms with van der Waals surface area (Å²) in [5.74, 6) is -1.03. The number of halogens is 3. The topological polar surface area (TPSA) is 89.0 Å². The number of hydrogen-bond acceptors (Lipinski definition) is 5. The number of nitrogens with zero attached hydrogens (tertiary/aromatic N) is 3. The lowest BCUT2D eigenvalue weighted by Gasteiger charge is -2.12. The highest BCUT2D eigenvalue weighted by molar-refractivity contribution is 5.54. The van der Waals surface area contributed by atoms with Crippen molar-refractivity contribution < 1.29 is 22.8 Å². The van der Waals surface area contributed by atoms with Gasteiger partial charge in [-0.05, 0) is 6.92 Å². The van der Waals surface area contributed by atoms with E-state index in [1.165, 1.54) is 6.92 Å². The van der Waals surface area contributed by atoms with Crippen molar-refractivity contribution in [3.63, 3.8) is 0 Å². The van der Waals surface area contributed by atoms with Crippen molar-refractivity contribution in [2.45, 2.75) is 19.7 Å². The Morgan fingerprint density at radius 3 is 2.67 bits per heavy atom. The molecule has 0 unspecified atom stereocenters. The van der Waals surface area contributed by atoms with Gasteiger partial charge >= 0.3 is 12.0 Å². The molecule has 0 saturated heterocycles. The van der Waals surface area contributed by atoms with E-state index >= 15 is 0 Å². The number of aryl methyl sites for hydroxylation is 1. The number of alkyl halides is 3. The molecule has 0 aromatic carbocycles. The number of rotatable bonds is 3. The molecule has 0 radical (unpaired) electrons. The largest absolute Gasteiger partial charge is 0.573 e. The fraction of sp³-hybridized carbons (Fsp3) is 0.333. The van der Waals surface area contributed by atoms with Crippen LogP contribution in [0.4, 0.5) is 18.9 Å². The van der Waals surface area contributed by atoms with Crippen LogP contribution in [-0.2, 0) is 6.42 Å². The van der Waals surface area contributed by atoms with Crippen molar-refractivity contribution in [2.24, 2.45) is 0 Å². The van der Waals surface area contributed by atoms with Gasteiger partial charge in [-0.15, -0.1) is 13.2 Å². The summed E-state index contributed by atoms with van der Waals surface area (Å²) in [5, 5.41) is 19.2. The second kappa shape index (κ2) is 4.87. The minimum absolute atomic E-state index is 0.0825. The summed E-state index contributed by atoms with van der Waals surface area (Å²) in [4.78, 5) is 13.3. The van der Waals surface area contributed by atoms with E-state index in [4.69, 9.17) is 5.26 Å². The maximum atomic E-state index is 12.2. The second-order valence-electron chi connectivity index (χ2n) is 3.21. The third-order valence-corrected chi connectivity index (χ3v) is 1.91. The van der Waals surface area contributed by atoms with Gasteiger partial charge < -0.3 is 4.74 Å². The van der Waals surface area contributed by atoms with Crippen LogP contribution in [0.15, 0.2) is 6.20 Å². The Balaban J connectivity index is 3.44. The lowest BCUT2D eigenvalue weighted by atomic mass is 10.2. The molecule has 0 fully saturated rings. The molecule has 1 heterocycles. The van der Waals surface area contributed by atoms with Crippen molar-refractivity contribution in [2.75, 3.05) is 0 Å². The van der Waals surface area contributed by atoms with Gasteiger partial charge in [0.25, 0.3) is 0 Å². The number of ether oxygens (including phenoxy) is 1. The van der Waals surface area contributed by atoms with E-state index in [9.17, 15) is 23.3 Å². The second-order valence-corrected chi connectivity index (χ2v) is 3.21. The van der Waals surface area contributed by atoms with Crippen molar-refractivity contribution >= 4 is 5.69 Å². The van der Waals surface area contributed by atoms with E-state index in [1.807, 2.05) is 0 Å². The monoisotopic (exact) mass is 261 g/mol. The molecule has 0 aliphatic rings. The van der Waals surface area contributed by atoms with Gasteiger partial charge in [0.05, 0.1) is 17.4 Å². The molecule has 1 aromatic heterocycles. The van der Waals surface area contributed by atoms with E-state index < -0.39 is 34.8 Å². The van der Waals surface area contributed by atoms with Crippen LogP contribution in [0.1, 0.15) is 11.3 Å². The fourth-order valence-corrected chi connectivity index (χ4v) is 1.26. The number of aromatic nitrogens is 1. The maximum Gasteiger partial charge on any atom is 0.573 e. The predicted octanol–water partition coefficient (Wildman–Crippen LogP) is 2.26. The highest BCUT2D eigenvalue weighted by atomic mass is 19.4. The number of pyridine rings is 1. The molecule has 18 heavy (non-hydrogen) atoms. The zero-order valence-corrected chi connectivity index (χ0v) is 8.98. The Labute approximate surface area is 98.8 Å². The fourth-order valence-electron chi connectivity index (χ4n) is 1.26. The molecule has 1 rings (SSSR count). The zero-order valence-electron chi connectivity index (χ0n) is 8.98. The van der Waals surface area contributed by atoms with E-state index in [2.05, 4.69) is 9.72 Å². The van der Waals surface area contributed by atoms with Gasteiger partial charge in [0.1, 0.15) is 5.69 Å². The summed E-state index contributed by atoms with van der Waals surface area (Å²) >= 11 is 0. The SMILES string of the molecule is Cc1cnc(CC#N)c(OC(F)(F)F)c1[N+](=O)[O-]. The molecular weight excluding hydrogens is 255 g/mol. The first-order chi connectivity index (χ1) is 8.26. The summed E-state index contributed by atoms with van der Waals surface area (Å²) in [7, 11) is 0. The summed E-state index contributed by atoms with van der Waals surface area (Å²) in [6.07, 6.45) is -4.59. The third kappa shape index (κ3) is 3.07. The molecule has 0 aliphatic carbocycles. The Kier molecular flexibility index (Phi) is 3.70. The van der Waals surface area contributed by atoms with Crippen molar-refractivity contribution in [3.05, 3.63) is 27.6 Å². The van der Waals surface area contributed by atoms with Crippen LogP contribution >= 0.6 is 0 Å². The van der Waals surface area contributed by atoms with E-state index in [0.29, 0.717) is 0 Å². The highest BCUT2D eigenvalue weighted by Crippen LogP contribution is 2.36. The first-order valence-corrected chi connectivity index (χ1v) is 4.52. The van der Waals surface area contributed by atoms with Gasteiger partial charge in [-0.3, -0.25) is 15.1 Å². The molecule has 9 heteroatoms. The molecule has 0 atom stereocenters. The van der Waals surface area contributed by atoms with Crippen LogP contribution < -0.4 is 4.74 Å². The summed E-state index contributed by atoms with van der Waals surface area (Å²) in [6, 6.07) is 1.56. The summed E-state index contributed by atoms with van der Waals surface area (Å²) in [5.41, 5.74) is -1.35. The van der Waals surface area contributed by atoms with Crippen LogP contribution in [-0.4, -0.2) is 16.3 Å². The summed E-state index contributed by atoms with van der Waals surface area (Å²) in [6.45, 7) is 1.23. The van der Waals surface area contributed by atoms with Crippen molar-refractivity contribution in [3.8, 4) is 11.8 Å². The van der Waals surface area contributed by atoms with Gasteiger partial charge in [-0.1, -0.05) is 0 Å². The standard InChI is InChI=1S/C9H6F3N3O3/c1-5-4-14-6(2-3-13)8(7(5)15(16)17)18-9(10,11)12/h4H,2H2,1H3. The molecule has 0 saturated carbocycles. The molecule has 0 amide bonds. The number of hydrogen-bond donors (Lipinski definition) is 0. The maximum absolute atomic E-state index is 12.2. The lowest BCUT2D eigenvalue weighted by Crippen LogP contribution is -2.20. The molecule has 0 aliphatic heterocycles. The van der Waals surface area contributed by atoms with Crippen molar-refractivity contribution in [1.82, 2.24) is 4.98 Å². The smallest absolute Gasteiger partial charge is 0.396 e. The highest BCUT2D eigenvalue weighted by Gasteiger charge is 2.37.